The highest BCUT2D eigenvalue weighted by molar-refractivity contribution is 7.13. The molecule has 0 fully saturated rings. The number of rotatable bonds is 3. The maximum Gasteiger partial charge on any atom is 0.257 e. The number of benzene rings is 1. The molecule has 1 amide bonds. The van der Waals surface area contributed by atoms with E-state index in [1.165, 1.54) is 11.3 Å². The SMILES string of the molecule is CNc1ccc(C(=O)Nc2nc(C)cs2)c(C)c1. The van der Waals surface area contributed by atoms with Gasteiger partial charge in [-0.15, -0.1) is 11.3 Å². The molecule has 94 valence electrons. The normalized spacial score (nSPS) is 10.2. The van der Waals surface area contributed by atoms with Gasteiger partial charge in [-0.2, -0.15) is 0 Å². The van der Waals surface area contributed by atoms with E-state index in [1.807, 2.05) is 44.5 Å². The maximum absolute atomic E-state index is 12.1. The Labute approximate surface area is 110 Å². The second-order valence-corrected chi connectivity index (χ2v) is 4.89. The van der Waals surface area contributed by atoms with Crippen molar-refractivity contribution in [3.05, 3.63) is 40.4 Å². The first-order valence-corrected chi connectivity index (χ1v) is 6.50. The van der Waals surface area contributed by atoms with Crippen LogP contribution in [0.25, 0.3) is 0 Å². The first-order chi connectivity index (χ1) is 8.60. The van der Waals surface area contributed by atoms with E-state index in [4.69, 9.17) is 0 Å². The number of carbonyl (C=O) groups excluding carboxylic acids is 1. The average molecular weight is 261 g/mol. The third-order valence-electron chi connectivity index (χ3n) is 2.60. The van der Waals surface area contributed by atoms with Crippen molar-refractivity contribution in [2.75, 3.05) is 17.7 Å². The third-order valence-corrected chi connectivity index (χ3v) is 3.47. The van der Waals surface area contributed by atoms with Crippen molar-refractivity contribution in [3.8, 4) is 0 Å². The number of hydrogen-bond donors (Lipinski definition) is 2. The number of hydrogen-bond acceptors (Lipinski definition) is 4. The first kappa shape index (κ1) is 12.6. The van der Waals surface area contributed by atoms with Gasteiger partial charge in [0.2, 0.25) is 0 Å². The summed E-state index contributed by atoms with van der Waals surface area (Å²) < 4.78 is 0. The second kappa shape index (κ2) is 5.18. The van der Waals surface area contributed by atoms with E-state index in [-0.39, 0.29) is 5.91 Å². The molecule has 0 aliphatic heterocycles. The van der Waals surface area contributed by atoms with Gasteiger partial charge in [0.05, 0.1) is 5.69 Å². The number of nitrogens with zero attached hydrogens (tertiary/aromatic N) is 1. The van der Waals surface area contributed by atoms with E-state index in [0.29, 0.717) is 10.7 Å². The molecule has 5 heteroatoms. The fourth-order valence-corrected chi connectivity index (χ4v) is 2.33. The monoisotopic (exact) mass is 261 g/mol. The summed E-state index contributed by atoms with van der Waals surface area (Å²) in [6.07, 6.45) is 0. The Hall–Kier alpha value is -1.88. The number of amides is 1. The highest BCUT2D eigenvalue weighted by atomic mass is 32.1. The Bertz CT molecular complexity index is 577. The summed E-state index contributed by atoms with van der Waals surface area (Å²) in [7, 11) is 1.85. The molecule has 2 aromatic rings. The lowest BCUT2D eigenvalue weighted by atomic mass is 10.1. The molecular formula is C13H15N3OS. The summed E-state index contributed by atoms with van der Waals surface area (Å²) in [5.74, 6) is -0.121. The minimum absolute atomic E-state index is 0.121. The summed E-state index contributed by atoms with van der Waals surface area (Å²) in [6, 6.07) is 5.65. The molecule has 0 radical (unpaired) electrons. The lowest BCUT2D eigenvalue weighted by molar-refractivity contribution is 0.102. The van der Waals surface area contributed by atoms with Crippen LogP contribution < -0.4 is 10.6 Å². The van der Waals surface area contributed by atoms with Gasteiger partial charge in [0.15, 0.2) is 5.13 Å². The fourth-order valence-electron chi connectivity index (χ4n) is 1.65. The Balaban J connectivity index is 2.18. The summed E-state index contributed by atoms with van der Waals surface area (Å²) in [4.78, 5) is 16.3. The van der Waals surface area contributed by atoms with Crippen LogP contribution in [-0.4, -0.2) is 17.9 Å². The molecule has 1 heterocycles. The molecule has 1 aromatic carbocycles. The molecule has 2 rings (SSSR count). The van der Waals surface area contributed by atoms with Gasteiger partial charge in [0, 0.05) is 23.7 Å². The Kier molecular flexibility index (Phi) is 3.62. The number of anilines is 2. The van der Waals surface area contributed by atoms with Gasteiger partial charge in [0.1, 0.15) is 0 Å². The predicted octanol–water partition coefficient (Wildman–Crippen LogP) is 3.05. The summed E-state index contributed by atoms with van der Waals surface area (Å²) in [5, 5.41) is 8.39. The number of thiazole rings is 1. The predicted molar refractivity (Wildman–Crippen MR) is 75.5 cm³/mol. The van der Waals surface area contributed by atoms with Crippen LogP contribution in [0.4, 0.5) is 10.8 Å². The van der Waals surface area contributed by atoms with E-state index in [9.17, 15) is 4.79 Å². The number of aryl methyl sites for hydroxylation is 2. The summed E-state index contributed by atoms with van der Waals surface area (Å²) >= 11 is 1.43. The minimum Gasteiger partial charge on any atom is -0.388 e. The van der Waals surface area contributed by atoms with Crippen LogP contribution in [-0.2, 0) is 0 Å². The Morgan fingerprint density at radius 2 is 2.11 bits per heavy atom. The Morgan fingerprint density at radius 3 is 2.67 bits per heavy atom. The van der Waals surface area contributed by atoms with Crippen molar-refractivity contribution < 1.29 is 4.79 Å². The van der Waals surface area contributed by atoms with E-state index in [0.717, 1.165) is 16.9 Å². The van der Waals surface area contributed by atoms with Crippen LogP contribution in [0.3, 0.4) is 0 Å². The molecule has 0 unspecified atom stereocenters. The molecule has 0 aliphatic carbocycles. The van der Waals surface area contributed by atoms with Crippen LogP contribution in [0.2, 0.25) is 0 Å². The standard InChI is InChI=1S/C13H15N3OS/c1-8-6-10(14-3)4-5-11(8)12(17)16-13-15-9(2)7-18-13/h4-7,14H,1-3H3,(H,15,16,17). The highest BCUT2D eigenvalue weighted by Gasteiger charge is 2.11. The number of nitrogens with one attached hydrogen (secondary N) is 2. The van der Waals surface area contributed by atoms with Crippen LogP contribution >= 0.6 is 11.3 Å². The first-order valence-electron chi connectivity index (χ1n) is 5.62. The zero-order valence-corrected chi connectivity index (χ0v) is 11.4. The molecule has 0 spiro atoms. The number of aromatic nitrogens is 1. The number of carbonyl (C=O) groups is 1. The second-order valence-electron chi connectivity index (χ2n) is 4.03. The molecule has 18 heavy (non-hydrogen) atoms. The van der Waals surface area contributed by atoms with Crippen LogP contribution in [0.1, 0.15) is 21.6 Å². The zero-order valence-electron chi connectivity index (χ0n) is 10.6. The molecule has 0 saturated heterocycles. The van der Waals surface area contributed by atoms with Crippen molar-refractivity contribution >= 4 is 28.1 Å². The van der Waals surface area contributed by atoms with Crippen molar-refractivity contribution in [2.24, 2.45) is 0 Å². The molecule has 4 nitrogen and oxygen atoms in total. The smallest absolute Gasteiger partial charge is 0.257 e. The van der Waals surface area contributed by atoms with Gasteiger partial charge in [-0.25, -0.2) is 4.98 Å². The molecule has 0 aliphatic rings. The van der Waals surface area contributed by atoms with Gasteiger partial charge in [0.25, 0.3) is 5.91 Å². The highest BCUT2D eigenvalue weighted by Crippen LogP contribution is 2.18. The van der Waals surface area contributed by atoms with Crippen molar-refractivity contribution in [3.63, 3.8) is 0 Å². The molecule has 0 saturated carbocycles. The van der Waals surface area contributed by atoms with E-state index in [2.05, 4.69) is 15.6 Å². The van der Waals surface area contributed by atoms with Crippen LogP contribution in [0.15, 0.2) is 23.6 Å². The molecule has 0 bridgehead atoms. The lowest BCUT2D eigenvalue weighted by Gasteiger charge is -2.07. The topological polar surface area (TPSA) is 54.0 Å². The molecule has 2 N–H and O–H groups in total. The van der Waals surface area contributed by atoms with Crippen LogP contribution in [0, 0.1) is 13.8 Å². The van der Waals surface area contributed by atoms with Crippen molar-refractivity contribution in [1.29, 1.82) is 0 Å². The lowest BCUT2D eigenvalue weighted by Crippen LogP contribution is -2.13. The summed E-state index contributed by atoms with van der Waals surface area (Å²) in [6.45, 7) is 3.82. The van der Waals surface area contributed by atoms with Gasteiger partial charge >= 0.3 is 0 Å². The van der Waals surface area contributed by atoms with Crippen LogP contribution in [0.5, 0.6) is 0 Å². The molecule has 1 aromatic heterocycles. The maximum atomic E-state index is 12.1. The van der Waals surface area contributed by atoms with Gasteiger partial charge < -0.3 is 5.32 Å². The average Bonchev–Trinajstić information content (AvgIpc) is 2.74. The summed E-state index contributed by atoms with van der Waals surface area (Å²) in [5.41, 5.74) is 3.51. The van der Waals surface area contributed by atoms with Gasteiger partial charge in [-0.3, -0.25) is 10.1 Å². The van der Waals surface area contributed by atoms with E-state index < -0.39 is 0 Å². The van der Waals surface area contributed by atoms with Crippen molar-refractivity contribution in [2.45, 2.75) is 13.8 Å². The zero-order chi connectivity index (χ0) is 13.1. The fraction of sp³-hybridized carbons (Fsp3) is 0.231. The van der Waals surface area contributed by atoms with E-state index in [1.54, 1.807) is 0 Å². The quantitative estimate of drug-likeness (QED) is 0.892. The van der Waals surface area contributed by atoms with Gasteiger partial charge in [-0.1, -0.05) is 0 Å². The third kappa shape index (κ3) is 2.68. The van der Waals surface area contributed by atoms with Gasteiger partial charge in [-0.05, 0) is 37.6 Å². The minimum atomic E-state index is -0.121. The molecular weight excluding hydrogens is 246 g/mol. The molecule has 0 atom stereocenters. The van der Waals surface area contributed by atoms with Crippen molar-refractivity contribution in [1.82, 2.24) is 4.98 Å². The Morgan fingerprint density at radius 1 is 1.33 bits per heavy atom. The largest absolute Gasteiger partial charge is 0.388 e. The van der Waals surface area contributed by atoms with E-state index >= 15 is 0 Å².